The highest BCUT2D eigenvalue weighted by atomic mass is 15.4. The summed E-state index contributed by atoms with van der Waals surface area (Å²) in [6, 6.07) is 0. The first-order chi connectivity index (χ1) is 9.19. The molecule has 1 N–H and O–H groups in total. The van der Waals surface area contributed by atoms with E-state index in [4.69, 9.17) is 0 Å². The van der Waals surface area contributed by atoms with Gasteiger partial charge in [0, 0.05) is 38.3 Å². The average Bonchev–Trinajstić information content (AvgIpc) is 2.88. The predicted octanol–water partition coefficient (Wildman–Crippen LogP) is 2.71. The van der Waals surface area contributed by atoms with E-state index in [1.54, 1.807) is 0 Å². The van der Waals surface area contributed by atoms with Gasteiger partial charge in [-0.25, -0.2) is 0 Å². The molecule has 0 aromatic carbocycles. The zero-order valence-electron chi connectivity index (χ0n) is 14.1. The summed E-state index contributed by atoms with van der Waals surface area (Å²) in [5.74, 6) is 3.01. The van der Waals surface area contributed by atoms with Crippen LogP contribution in [0, 0.1) is 18.8 Å². The molecule has 1 aromatic heterocycles. The van der Waals surface area contributed by atoms with Crippen LogP contribution < -0.4 is 10.2 Å². The number of hydrogen-bond acceptors (Lipinski definition) is 3. The molecule has 1 aromatic rings. The molecule has 1 heterocycles. The van der Waals surface area contributed by atoms with Crippen molar-refractivity contribution in [2.75, 3.05) is 18.5 Å². The SMILES string of the molecule is Cc1nn(C)c(N(C)CC2CC2C)c1CNC(C)(C)C. The maximum absolute atomic E-state index is 4.61. The molecule has 0 aliphatic heterocycles. The molecular formula is C16H30N4. The summed E-state index contributed by atoms with van der Waals surface area (Å²) in [4.78, 5) is 2.38. The minimum Gasteiger partial charge on any atom is -0.359 e. The number of nitrogens with zero attached hydrogens (tertiary/aromatic N) is 3. The second-order valence-corrected chi connectivity index (χ2v) is 7.47. The minimum atomic E-state index is 0.128. The van der Waals surface area contributed by atoms with Crippen LogP contribution in [0.3, 0.4) is 0 Å². The Labute approximate surface area is 123 Å². The highest BCUT2D eigenvalue weighted by Gasteiger charge is 2.34. The summed E-state index contributed by atoms with van der Waals surface area (Å²) in [5.41, 5.74) is 2.59. The smallest absolute Gasteiger partial charge is 0.131 e. The standard InChI is InChI=1S/C16H30N4/c1-11-8-13(11)10-19(6)15-14(9-17-16(3,4)5)12(2)18-20(15)7/h11,13,17H,8-10H2,1-7H3. The van der Waals surface area contributed by atoms with Crippen LogP contribution in [-0.4, -0.2) is 28.9 Å². The van der Waals surface area contributed by atoms with Gasteiger partial charge in [0.05, 0.1) is 5.69 Å². The fraction of sp³-hybridized carbons (Fsp3) is 0.812. The van der Waals surface area contributed by atoms with E-state index in [-0.39, 0.29) is 5.54 Å². The lowest BCUT2D eigenvalue weighted by Gasteiger charge is -2.24. The Hall–Kier alpha value is -1.03. The van der Waals surface area contributed by atoms with Crippen molar-refractivity contribution >= 4 is 5.82 Å². The van der Waals surface area contributed by atoms with Gasteiger partial charge in [-0.05, 0) is 46.0 Å². The molecule has 0 radical (unpaired) electrons. The molecule has 1 aliphatic carbocycles. The molecule has 0 bridgehead atoms. The molecule has 0 spiro atoms. The Morgan fingerprint density at radius 2 is 2.00 bits per heavy atom. The second kappa shape index (κ2) is 5.40. The molecule has 1 saturated carbocycles. The van der Waals surface area contributed by atoms with Gasteiger partial charge in [-0.1, -0.05) is 6.92 Å². The van der Waals surface area contributed by atoms with Crippen molar-refractivity contribution in [3.05, 3.63) is 11.3 Å². The van der Waals surface area contributed by atoms with E-state index in [0.717, 1.165) is 30.6 Å². The third-order valence-electron chi connectivity index (χ3n) is 4.25. The van der Waals surface area contributed by atoms with E-state index in [1.807, 2.05) is 4.68 Å². The number of nitrogens with one attached hydrogen (secondary N) is 1. The van der Waals surface area contributed by atoms with Crippen LogP contribution in [0.4, 0.5) is 5.82 Å². The lowest BCUT2D eigenvalue weighted by molar-refractivity contribution is 0.423. The zero-order valence-corrected chi connectivity index (χ0v) is 14.1. The first-order valence-electron chi connectivity index (χ1n) is 7.67. The molecule has 0 saturated heterocycles. The van der Waals surface area contributed by atoms with E-state index in [2.05, 4.69) is 64.0 Å². The van der Waals surface area contributed by atoms with Gasteiger partial charge in [-0.2, -0.15) is 5.10 Å². The van der Waals surface area contributed by atoms with Crippen molar-refractivity contribution in [3.8, 4) is 0 Å². The maximum Gasteiger partial charge on any atom is 0.131 e. The summed E-state index contributed by atoms with van der Waals surface area (Å²) >= 11 is 0. The Balaban J connectivity index is 2.14. The summed E-state index contributed by atoms with van der Waals surface area (Å²) in [6.07, 6.45) is 1.37. The Morgan fingerprint density at radius 1 is 1.40 bits per heavy atom. The third kappa shape index (κ3) is 3.54. The third-order valence-corrected chi connectivity index (χ3v) is 4.25. The van der Waals surface area contributed by atoms with Crippen molar-refractivity contribution in [3.63, 3.8) is 0 Å². The molecule has 4 heteroatoms. The first kappa shape index (κ1) is 15.4. The van der Waals surface area contributed by atoms with Crippen molar-refractivity contribution in [2.45, 2.75) is 53.1 Å². The first-order valence-corrected chi connectivity index (χ1v) is 7.67. The van der Waals surface area contributed by atoms with Gasteiger partial charge in [0.25, 0.3) is 0 Å². The Morgan fingerprint density at radius 3 is 2.50 bits per heavy atom. The quantitative estimate of drug-likeness (QED) is 0.899. The van der Waals surface area contributed by atoms with Crippen LogP contribution in [0.5, 0.6) is 0 Å². The lowest BCUT2D eigenvalue weighted by Crippen LogP contribution is -2.36. The maximum atomic E-state index is 4.61. The van der Waals surface area contributed by atoms with Gasteiger partial charge in [0.2, 0.25) is 0 Å². The lowest BCUT2D eigenvalue weighted by atomic mass is 10.1. The molecule has 2 rings (SSSR count). The van der Waals surface area contributed by atoms with Crippen molar-refractivity contribution in [2.24, 2.45) is 18.9 Å². The largest absolute Gasteiger partial charge is 0.359 e. The normalized spacial score (nSPS) is 22.1. The molecule has 4 nitrogen and oxygen atoms in total. The number of rotatable bonds is 5. The molecule has 2 unspecified atom stereocenters. The summed E-state index contributed by atoms with van der Waals surface area (Å²) in [7, 11) is 4.25. The molecule has 2 atom stereocenters. The number of hydrogen-bond donors (Lipinski definition) is 1. The predicted molar refractivity (Wildman–Crippen MR) is 85.1 cm³/mol. The molecule has 1 aliphatic rings. The second-order valence-electron chi connectivity index (χ2n) is 7.47. The van der Waals surface area contributed by atoms with Crippen LogP contribution in [0.2, 0.25) is 0 Å². The van der Waals surface area contributed by atoms with Gasteiger partial charge in [0.15, 0.2) is 0 Å². The van der Waals surface area contributed by atoms with E-state index in [1.165, 1.54) is 17.8 Å². The molecule has 114 valence electrons. The fourth-order valence-corrected chi connectivity index (χ4v) is 2.82. The van der Waals surface area contributed by atoms with Gasteiger partial charge in [-0.15, -0.1) is 0 Å². The van der Waals surface area contributed by atoms with Crippen LogP contribution in [0.1, 0.15) is 45.4 Å². The molecule has 20 heavy (non-hydrogen) atoms. The van der Waals surface area contributed by atoms with Crippen molar-refractivity contribution < 1.29 is 0 Å². The minimum absolute atomic E-state index is 0.128. The van der Waals surface area contributed by atoms with Crippen molar-refractivity contribution in [1.29, 1.82) is 0 Å². The fourth-order valence-electron chi connectivity index (χ4n) is 2.82. The van der Waals surface area contributed by atoms with Gasteiger partial charge >= 0.3 is 0 Å². The van der Waals surface area contributed by atoms with E-state index >= 15 is 0 Å². The number of aromatic nitrogens is 2. The summed E-state index contributed by atoms with van der Waals surface area (Å²) in [5, 5.41) is 8.20. The van der Waals surface area contributed by atoms with E-state index < -0.39 is 0 Å². The van der Waals surface area contributed by atoms with Crippen LogP contribution in [0.15, 0.2) is 0 Å². The van der Waals surface area contributed by atoms with Gasteiger partial charge in [-0.3, -0.25) is 4.68 Å². The average molecular weight is 278 g/mol. The van der Waals surface area contributed by atoms with E-state index in [9.17, 15) is 0 Å². The topological polar surface area (TPSA) is 33.1 Å². The van der Waals surface area contributed by atoms with Crippen LogP contribution in [-0.2, 0) is 13.6 Å². The van der Waals surface area contributed by atoms with E-state index in [0.29, 0.717) is 0 Å². The van der Waals surface area contributed by atoms with Gasteiger partial charge in [0.1, 0.15) is 5.82 Å². The monoisotopic (exact) mass is 278 g/mol. The Kier molecular flexibility index (Phi) is 4.14. The summed E-state index contributed by atoms with van der Waals surface area (Å²) < 4.78 is 2.03. The van der Waals surface area contributed by atoms with Crippen LogP contribution in [0.25, 0.3) is 0 Å². The van der Waals surface area contributed by atoms with Crippen LogP contribution >= 0.6 is 0 Å². The molecule has 0 amide bonds. The van der Waals surface area contributed by atoms with Crippen molar-refractivity contribution in [1.82, 2.24) is 15.1 Å². The van der Waals surface area contributed by atoms with Gasteiger partial charge < -0.3 is 10.2 Å². The number of anilines is 1. The molecule has 1 fully saturated rings. The Bertz CT molecular complexity index is 470. The zero-order chi connectivity index (χ0) is 15.1. The highest BCUT2D eigenvalue weighted by molar-refractivity contribution is 5.49. The highest BCUT2D eigenvalue weighted by Crippen LogP contribution is 2.39. The number of aryl methyl sites for hydroxylation is 2. The summed E-state index contributed by atoms with van der Waals surface area (Å²) in [6.45, 7) is 13.1. The molecular weight excluding hydrogens is 248 g/mol.